The van der Waals surface area contributed by atoms with E-state index in [4.69, 9.17) is 9.15 Å². The van der Waals surface area contributed by atoms with Gasteiger partial charge in [0.15, 0.2) is 0 Å². The molecule has 1 aromatic carbocycles. The Bertz CT molecular complexity index is 889. The molecule has 9 heteroatoms. The molecule has 0 fully saturated rings. The Kier molecular flexibility index (Phi) is 7.89. The number of hydrogen-bond acceptors (Lipinski definition) is 7. The maximum atomic E-state index is 12.3. The van der Waals surface area contributed by atoms with Crippen molar-refractivity contribution in [1.29, 1.82) is 0 Å². The van der Waals surface area contributed by atoms with Crippen LogP contribution in [0.25, 0.3) is 0 Å². The molecule has 164 valence electrons. The summed E-state index contributed by atoms with van der Waals surface area (Å²) in [4.78, 5) is 24.4. The normalized spacial score (nSPS) is 12.5. The third-order valence-electron chi connectivity index (χ3n) is 4.23. The Labute approximate surface area is 181 Å². The Balaban J connectivity index is 1.96. The van der Waals surface area contributed by atoms with Gasteiger partial charge in [-0.3, -0.25) is 4.79 Å². The zero-order valence-corrected chi connectivity index (χ0v) is 19.3. The predicted octanol–water partition coefficient (Wildman–Crippen LogP) is 4.64. The predicted molar refractivity (Wildman–Crippen MR) is 117 cm³/mol. The fourth-order valence-electron chi connectivity index (χ4n) is 2.55. The van der Waals surface area contributed by atoms with E-state index in [-0.39, 0.29) is 28.7 Å². The maximum absolute atomic E-state index is 12.3. The lowest BCUT2D eigenvalue weighted by Gasteiger charge is -2.23. The highest BCUT2D eigenvalue weighted by Crippen LogP contribution is 2.25. The van der Waals surface area contributed by atoms with Crippen LogP contribution >= 0.6 is 11.8 Å². The van der Waals surface area contributed by atoms with Crippen LogP contribution in [0.3, 0.4) is 0 Å². The number of alkyl carbamates (subject to hydrolysis) is 1. The molecular weight excluding hydrogens is 404 g/mol. The Morgan fingerprint density at radius 1 is 1.20 bits per heavy atom. The van der Waals surface area contributed by atoms with Gasteiger partial charge in [-0.15, -0.1) is 10.2 Å². The van der Waals surface area contributed by atoms with Crippen LogP contribution in [0.5, 0.6) is 0 Å². The van der Waals surface area contributed by atoms with Crippen molar-refractivity contribution in [3.8, 4) is 0 Å². The van der Waals surface area contributed by atoms with E-state index in [1.165, 1.54) is 0 Å². The first-order valence-corrected chi connectivity index (χ1v) is 10.8. The summed E-state index contributed by atoms with van der Waals surface area (Å²) in [6.45, 7) is 13.2. The molecule has 0 saturated carbocycles. The van der Waals surface area contributed by atoms with Gasteiger partial charge in [0.1, 0.15) is 11.6 Å². The highest BCUT2D eigenvalue weighted by Gasteiger charge is 2.27. The zero-order chi connectivity index (χ0) is 22.5. The summed E-state index contributed by atoms with van der Waals surface area (Å²) < 4.78 is 11.0. The molecule has 0 aliphatic carbocycles. The second kappa shape index (κ2) is 9.97. The Morgan fingerprint density at radius 2 is 1.90 bits per heavy atom. The van der Waals surface area contributed by atoms with Gasteiger partial charge in [0.05, 0.1) is 5.75 Å². The fraction of sp³-hybridized carbons (Fsp3) is 0.524. The second-order valence-electron chi connectivity index (χ2n) is 8.36. The largest absolute Gasteiger partial charge is 0.444 e. The zero-order valence-electron chi connectivity index (χ0n) is 18.5. The van der Waals surface area contributed by atoms with Crippen molar-refractivity contribution in [3.05, 3.63) is 35.2 Å². The van der Waals surface area contributed by atoms with Gasteiger partial charge in [-0.25, -0.2) is 4.79 Å². The SMILES string of the molecule is Cc1cccc(NC(=O)CSc2nnc([C@@H](NC(=O)OC(C)(C)C)C(C)C)o2)c1C. The number of anilines is 1. The smallest absolute Gasteiger partial charge is 0.408 e. The van der Waals surface area contributed by atoms with Crippen LogP contribution in [0.2, 0.25) is 0 Å². The number of amides is 2. The number of carbonyl (C=O) groups is 2. The van der Waals surface area contributed by atoms with Crippen LogP contribution in [0.15, 0.2) is 27.8 Å². The van der Waals surface area contributed by atoms with Crippen LogP contribution in [-0.4, -0.2) is 33.6 Å². The van der Waals surface area contributed by atoms with Crippen molar-refractivity contribution in [2.75, 3.05) is 11.1 Å². The number of aromatic nitrogens is 2. The fourth-order valence-corrected chi connectivity index (χ4v) is 3.12. The van der Waals surface area contributed by atoms with Crippen LogP contribution in [0, 0.1) is 19.8 Å². The van der Waals surface area contributed by atoms with E-state index in [0.29, 0.717) is 0 Å². The van der Waals surface area contributed by atoms with E-state index in [1.54, 1.807) is 20.8 Å². The number of nitrogens with zero attached hydrogens (tertiary/aromatic N) is 2. The van der Waals surface area contributed by atoms with E-state index in [0.717, 1.165) is 28.6 Å². The van der Waals surface area contributed by atoms with Crippen LogP contribution < -0.4 is 10.6 Å². The van der Waals surface area contributed by atoms with Gasteiger partial charge in [-0.2, -0.15) is 0 Å². The lowest BCUT2D eigenvalue weighted by atomic mass is 10.1. The van der Waals surface area contributed by atoms with Gasteiger partial charge in [0.25, 0.3) is 5.22 Å². The van der Waals surface area contributed by atoms with Crippen molar-refractivity contribution in [1.82, 2.24) is 15.5 Å². The van der Waals surface area contributed by atoms with E-state index in [1.807, 2.05) is 45.9 Å². The molecule has 1 aromatic heterocycles. The third-order valence-corrected chi connectivity index (χ3v) is 5.05. The monoisotopic (exact) mass is 434 g/mol. The van der Waals surface area contributed by atoms with E-state index in [9.17, 15) is 9.59 Å². The van der Waals surface area contributed by atoms with Crippen LogP contribution in [0.4, 0.5) is 10.5 Å². The van der Waals surface area contributed by atoms with E-state index in [2.05, 4.69) is 20.8 Å². The number of aryl methyl sites for hydroxylation is 1. The second-order valence-corrected chi connectivity index (χ2v) is 9.29. The molecule has 1 heterocycles. The average molecular weight is 435 g/mol. The van der Waals surface area contributed by atoms with Crippen molar-refractivity contribution >= 4 is 29.4 Å². The van der Waals surface area contributed by atoms with Crippen LogP contribution in [0.1, 0.15) is 57.7 Å². The molecule has 0 aliphatic heterocycles. The van der Waals surface area contributed by atoms with Crippen LogP contribution in [-0.2, 0) is 9.53 Å². The number of hydrogen-bond donors (Lipinski definition) is 2. The molecule has 8 nitrogen and oxygen atoms in total. The standard InChI is InChI=1S/C21H30N4O4S/c1-12(2)17(23-19(27)29-21(5,6)7)18-24-25-20(28-18)30-11-16(26)22-15-10-8-9-13(3)14(15)4/h8-10,12,17H,11H2,1-7H3,(H,22,26)(H,23,27)/t17-/m0/s1. The topological polar surface area (TPSA) is 106 Å². The molecule has 2 aromatic rings. The van der Waals surface area contributed by atoms with Gasteiger partial charge in [-0.1, -0.05) is 37.7 Å². The van der Waals surface area contributed by atoms with Crippen molar-refractivity contribution in [2.45, 2.75) is 65.3 Å². The molecule has 30 heavy (non-hydrogen) atoms. The molecule has 0 spiro atoms. The summed E-state index contributed by atoms with van der Waals surface area (Å²) in [5, 5.41) is 13.9. The number of thioether (sulfide) groups is 1. The lowest BCUT2D eigenvalue weighted by molar-refractivity contribution is -0.113. The van der Waals surface area contributed by atoms with E-state index < -0.39 is 17.7 Å². The van der Waals surface area contributed by atoms with Gasteiger partial charge >= 0.3 is 6.09 Å². The lowest BCUT2D eigenvalue weighted by Crippen LogP contribution is -2.37. The minimum atomic E-state index is -0.607. The average Bonchev–Trinajstić information content (AvgIpc) is 3.09. The first-order valence-electron chi connectivity index (χ1n) is 9.78. The number of ether oxygens (including phenoxy) is 1. The first-order chi connectivity index (χ1) is 14.0. The molecule has 0 aliphatic rings. The molecule has 0 unspecified atom stereocenters. The number of carbonyl (C=O) groups excluding carboxylic acids is 2. The Hall–Kier alpha value is -2.55. The summed E-state index contributed by atoms with van der Waals surface area (Å²) >= 11 is 1.14. The first kappa shape index (κ1) is 23.7. The van der Waals surface area contributed by atoms with Crippen molar-refractivity contribution < 1.29 is 18.7 Å². The highest BCUT2D eigenvalue weighted by atomic mass is 32.2. The minimum Gasteiger partial charge on any atom is -0.444 e. The van der Waals surface area contributed by atoms with Gasteiger partial charge in [0.2, 0.25) is 11.8 Å². The van der Waals surface area contributed by atoms with E-state index >= 15 is 0 Å². The van der Waals surface area contributed by atoms with Gasteiger partial charge in [-0.05, 0) is 57.7 Å². The van der Waals surface area contributed by atoms with Crippen molar-refractivity contribution in [3.63, 3.8) is 0 Å². The molecule has 0 bridgehead atoms. The number of rotatable bonds is 7. The molecule has 1 atom stereocenters. The minimum absolute atomic E-state index is 0.00316. The maximum Gasteiger partial charge on any atom is 0.408 e. The molecule has 0 saturated heterocycles. The van der Waals surface area contributed by atoms with Gasteiger partial charge < -0.3 is 19.8 Å². The summed E-state index contributed by atoms with van der Waals surface area (Å²) in [5.41, 5.74) is 2.32. The molecule has 2 amide bonds. The Morgan fingerprint density at radius 3 is 2.53 bits per heavy atom. The molecule has 2 rings (SSSR count). The molecule has 0 radical (unpaired) electrons. The summed E-state index contributed by atoms with van der Waals surface area (Å²) in [7, 11) is 0. The highest BCUT2D eigenvalue weighted by molar-refractivity contribution is 7.99. The molecular formula is C21H30N4O4S. The quantitative estimate of drug-likeness (QED) is 0.611. The van der Waals surface area contributed by atoms with Crippen molar-refractivity contribution in [2.24, 2.45) is 5.92 Å². The number of nitrogens with one attached hydrogen (secondary N) is 2. The van der Waals surface area contributed by atoms with Gasteiger partial charge in [0, 0.05) is 5.69 Å². The summed E-state index contributed by atoms with van der Waals surface area (Å²) in [5.74, 6) is 0.235. The summed E-state index contributed by atoms with van der Waals surface area (Å²) in [6, 6.07) is 5.27. The summed E-state index contributed by atoms with van der Waals surface area (Å²) in [6.07, 6.45) is -0.554. The molecule has 2 N–H and O–H groups in total. The third kappa shape index (κ3) is 7.05. The number of benzene rings is 1.